The number of piperidine rings is 1. The van der Waals surface area contributed by atoms with Crippen LogP contribution in [0.15, 0.2) is 18.2 Å². The first-order valence-electron chi connectivity index (χ1n) is 12.6. The Balaban J connectivity index is 1.48. The molecule has 1 spiro atoms. The van der Waals surface area contributed by atoms with Crippen molar-refractivity contribution in [1.82, 2.24) is 15.1 Å². The van der Waals surface area contributed by atoms with Crippen LogP contribution in [0.2, 0.25) is 0 Å². The van der Waals surface area contributed by atoms with E-state index in [0.717, 1.165) is 37.4 Å². The first-order valence-corrected chi connectivity index (χ1v) is 12.6. The van der Waals surface area contributed by atoms with Crippen molar-refractivity contribution in [2.75, 3.05) is 32.8 Å². The van der Waals surface area contributed by atoms with Gasteiger partial charge in [0.2, 0.25) is 11.8 Å². The molecule has 3 heterocycles. The van der Waals surface area contributed by atoms with Gasteiger partial charge in [0, 0.05) is 25.7 Å². The number of piperazine rings is 1. The van der Waals surface area contributed by atoms with Gasteiger partial charge in [-0.2, -0.15) is 0 Å². The summed E-state index contributed by atoms with van der Waals surface area (Å²) in [5.74, 6) is 2.10. The number of nitrogens with zero attached hydrogens (tertiary/aromatic N) is 2. The zero-order valence-corrected chi connectivity index (χ0v) is 20.6. The molecule has 3 aliphatic rings. The third-order valence-electron chi connectivity index (χ3n) is 7.47. The van der Waals surface area contributed by atoms with Gasteiger partial charge in [-0.1, -0.05) is 33.3 Å². The molecule has 2 saturated heterocycles. The van der Waals surface area contributed by atoms with Crippen LogP contribution in [-0.2, 0) is 9.59 Å². The minimum absolute atomic E-state index is 0.0375. The van der Waals surface area contributed by atoms with Crippen molar-refractivity contribution in [3.8, 4) is 11.5 Å². The number of fused-ring (bicyclic) bond motifs is 1. The molecule has 0 saturated carbocycles. The molecule has 182 valence electrons. The van der Waals surface area contributed by atoms with Crippen molar-refractivity contribution in [1.29, 1.82) is 0 Å². The van der Waals surface area contributed by atoms with E-state index < -0.39 is 11.6 Å². The van der Waals surface area contributed by atoms with Gasteiger partial charge in [0.1, 0.15) is 24.8 Å². The van der Waals surface area contributed by atoms with E-state index in [-0.39, 0.29) is 17.9 Å². The summed E-state index contributed by atoms with van der Waals surface area (Å²) in [6.07, 6.45) is 3.95. The predicted molar refractivity (Wildman–Crippen MR) is 127 cm³/mol. The number of amides is 2. The quantitative estimate of drug-likeness (QED) is 0.678. The summed E-state index contributed by atoms with van der Waals surface area (Å²) < 4.78 is 11.4. The second kappa shape index (κ2) is 9.92. The molecular formula is C26H39N3O4. The van der Waals surface area contributed by atoms with E-state index in [1.807, 2.05) is 11.0 Å². The summed E-state index contributed by atoms with van der Waals surface area (Å²) in [6, 6.07) is 5.96. The van der Waals surface area contributed by atoms with Gasteiger partial charge in [0.25, 0.3) is 0 Å². The summed E-state index contributed by atoms with van der Waals surface area (Å²) in [6.45, 7) is 11.9. The van der Waals surface area contributed by atoms with E-state index in [0.29, 0.717) is 44.9 Å². The van der Waals surface area contributed by atoms with Gasteiger partial charge in [-0.3, -0.25) is 14.5 Å². The Hall–Kier alpha value is -2.28. The Bertz CT molecular complexity index is 863. The van der Waals surface area contributed by atoms with Gasteiger partial charge >= 0.3 is 0 Å². The number of carbonyl (C=O) groups is 2. The number of hydrogen-bond acceptors (Lipinski definition) is 5. The molecule has 0 aromatic heterocycles. The average Bonchev–Trinajstić information content (AvgIpc) is 2.82. The maximum Gasteiger partial charge on any atom is 0.246 e. The van der Waals surface area contributed by atoms with Gasteiger partial charge in [-0.05, 0) is 56.2 Å². The van der Waals surface area contributed by atoms with Crippen molar-refractivity contribution in [3.63, 3.8) is 0 Å². The van der Waals surface area contributed by atoms with E-state index in [4.69, 9.17) is 9.47 Å². The maximum atomic E-state index is 13.4. The van der Waals surface area contributed by atoms with E-state index >= 15 is 0 Å². The number of hydrogen-bond donors (Lipinski definition) is 1. The van der Waals surface area contributed by atoms with E-state index in [2.05, 4.69) is 50.0 Å². The number of benzene rings is 1. The molecule has 4 rings (SSSR count). The molecule has 0 bridgehead atoms. The maximum absolute atomic E-state index is 13.4. The molecular weight excluding hydrogens is 418 g/mol. The molecule has 33 heavy (non-hydrogen) atoms. The molecule has 2 atom stereocenters. The Kier molecular flexibility index (Phi) is 7.17. The van der Waals surface area contributed by atoms with E-state index in [9.17, 15) is 9.59 Å². The van der Waals surface area contributed by atoms with Gasteiger partial charge in [-0.25, -0.2) is 0 Å². The lowest BCUT2D eigenvalue weighted by Gasteiger charge is -2.52. The SMILES string of the molecule is CCCCN1C(=O)C(CC(C)C)NC(=O)C12CCN(C(C)c1ccc3c(c1)OCCO3)CC2. The van der Waals surface area contributed by atoms with E-state index in [1.54, 1.807) is 0 Å². The van der Waals surface area contributed by atoms with Crippen LogP contribution in [-0.4, -0.2) is 66.0 Å². The highest BCUT2D eigenvalue weighted by atomic mass is 16.6. The van der Waals surface area contributed by atoms with Crippen LogP contribution in [0.1, 0.15) is 71.4 Å². The highest BCUT2D eigenvalue weighted by Gasteiger charge is 2.53. The summed E-state index contributed by atoms with van der Waals surface area (Å²) in [7, 11) is 0. The summed E-state index contributed by atoms with van der Waals surface area (Å²) in [4.78, 5) is 31.2. The van der Waals surface area contributed by atoms with Crippen LogP contribution in [0.25, 0.3) is 0 Å². The van der Waals surface area contributed by atoms with Crippen LogP contribution in [0.5, 0.6) is 11.5 Å². The van der Waals surface area contributed by atoms with E-state index in [1.165, 1.54) is 5.56 Å². The Morgan fingerprint density at radius 2 is 1.79 bits per heavy atom. The number of rotatable bonds is 7. The number of unbranched alkanes of at least 4 members (excludes halogenated alkanes) is 1. The Morgan fingerprint density at radius 3 is 2.45 bits per heavy atom. The third-order valence-corrected chi connectivity index (χ3v) is 7.47. The van der Waals surface area contributed by atoms with Gasteiger partial charge in [-0.15, -0.1) is 0 Å². The lowest BCUT2D eigenvalue weighted by atomic mass is 9.80. The molecule has 2 fully saturated rings. The van der Waals surface area contributed by atoms with Crippen LogP contribution in [0, 0.1) is 5.92 Å². The van der Waals surface area contributed by atoms with Crippen LogP contribution >= 0.6 is 0 Å². The average molecular weight is 458 g/mol. The predicted octanol–water partition coefficient (Wildman–Crippen LogP) is 3.53. The lowest BCUT2D eigenvalue weighted by Crippen LogP contribution is -2.73. The van der Waals surface area contributed by atoms with Crippen molar-refractivity contribution in [2.45, 2.75) is 77.4 Å². The molecule has 0 radical (unpaired) electrons. The molecule has 1 N–H and O–H groups in total. The fourth-order valence-corrected chi connectivity index (χ4v) is 5.46. The van der Waals surface area contributed by atoms with Crippen LogP contribution in [0.3, 0.4) is 0 Å². The van der Waals surface area contributed by atoms with Crippen LogP contribution < -0.4 is 14.8 Å². The first-order chi connectivity index (χ1) is 15.9. The van der Waals surface area contributed by atoms with Gasteiger partial charge in [0.05, 0.1) is 0 Å². The highest BCUT2D eigenvalue weighted by Crippen LogP contribution is 2.38. The first kappa shape index (κ1) is 23.9. The van der Waals surface area contributed by atoms with Gasteiger partial charge < -0.3 is 19.7 Å². The lowest BCUT2D eigenvalue weighted by molar-refractivity contribution is -0.162. The summed E-state index contributed by atoms with van der Waals surface area (Å²) in [5.41, 5.74) is 0.460. The van der Waals surface area contributed by atoms with Crippen molar-refractivity contribution < 1.29 is 19.1 Å². The Morgan fingerprint density at radius 1 is 1.09 bits per heavy atom. The molecule has 2 unspecified atom stereocenters. The van der Waals surface area contributed by atoms with Crippen LogP contribution in [0.4, 0.5) is 0 Å². The van der Waals surface area contributed by atoms with Crippen molar-refractivity contribution in [2.24, 2.45) is 5.92 Å². The highest BCUT2D eigenvalue weighted by molar-refractivity contribution is 6.00. The fraction of sp³-hybridized carbons (Fsp3) is 0.692. The van der Waals surface area contributed by atoms with Crippen molar-refractivity contribution >= 4 is 11.8 Å². The monoisotopic (exact) mass is 457 g/mol. The summed E-state index contributed by atoms with van der Waals surface area (Å²) >= 11 is 0. The minimum Gasteiger partial charge on any atom is -0.486 e. The molecule has 2 amide bonds. The number of carbonyl (C=O) groups excluding carboxylic acids is 2. The third kappa shape index (κ3) is 4.70. The normalized spacial score (nSPS) is 23.7. The molecule has 3 aliphatic heterocycles. The standard InChI is InChI=1S/C26H39N3O4/c1-5-6-11-29-24(30)21(16-18(2)3)27-25(31)26(29)9-12-28(13-10-26)19(4)20-7-8-22-23(17-20)33-15-14-32-22/h7-8,17-19,21H,5-6,9-16H2,1-4H3,(H,27,31). The topological polar surface area (TPSA) is 71.1 Å². The fourth-order valence-electron chi connectivity index (χ4n) is 5.46. The summed E-state index contributed by atoms with van der Waals surface area (Å²) in [5, 5.41) is 3.10. The Labute approximate surface area is 197 Å². The molecule has 0 aliphatic carbocycles. The minimum atomic E-state index is -0.719. The molecule has 1 aromatic rings. The number of likely N-dealkylation sites (tertiary alicyclic amines) is 1. The second-order valence-corrected chi connectivity index (χ2v) is 10.1. The largest absolute Gasteiger partial charge is 0.486 e. The molecule has 7 nitrogen and oxygen atoms in total. The number of ether oxygens (including phenoxy) is 2. The van der Waals surface area contributed by atoms with Gasteiger partial charge in [0.15, 0.2) is 11.5 Å². The smallest absolute Gasteiger partial charge is 0.246 e. The number of nitrogens with one attached hydrogen (secondary N) is 1. The zero-order valence-electron chi connectivity index (χ0n) is 20.6. The molecule has 7 heteroatoms. The zero-order chi connectivity index (χ0) is 23.6. The second-order valence-electron chi connectivity index (χ2n) is 10.1. The van der Waals surface area contributed by atoms with Crippen molar-refractivity contribution in [3.05, 3.63) is 23.8 Å². The molecule has 1 aromatic carbocycles.